The van der Waals surface area contributed by atoms with Crippen molar-refractivity contribution in [3.05, 3.63) is 81.8 Å². The van der Waals surface area contributed by atoms with E-state index in [0.717, 1.165) is 11.1 Å². The van der Waals surface area contributed by atoms with Crippen LogP contribution in [0.3, 0.4) is 0 Å². The number of anilines is 2. The number of rotatable bonds is 8. The Bertz CT molecular complexity index is 1240. The minimum absolute atomic E-state index is 0.0234. The first-order chi connectivity index (χ1) is 15.6. The van der Waals surface area contributed by atoms with E-state index in [9.17, 15) is 13.2 Å². The highest BCUT2D eigenvalue weighted by Crippen LogP contribution is 2.26. The number of sulfonamides is 1. The Hall–Kier alpha value is -2.74. The lowest BCUT2D eigenvalue weighted by atomic mass is 10.1. The molecule has 3 rings (SSSR count). The van der Waals surface area contributed by atoms with Crippen molar-refractivity contribution in [1.29, 1.82) is 0 Å². The van der Waals surface area contributed by atoms with Crippen LogP contribution in [0.2, 0.25) is 10.0 Å². The van der Waals surface area contributed by atoms with Crippen LogP contribution in [0.5, 0.6) is 5.75 Å². The standard InChI is InChI=1S/C24H24Cl2N2O4S/c1-4-22(32-23-11-15(2)5-6-16(23)3)24(29)27-19-7-9-21(10-8-19)33(30,31)28-20-13-17(25)12-18(26)14-20/h5-14,22,28H,4H2,1-3H3,(H,27,29)/t22-/m1/s1. The van der Waals surface area contributed by atoms with Gasteiger partial charge in [-0.05, 0) is 79.9 Å². The van der Waals surface area contributed by atoms with Gasteiger partial charge in [0.25, 0.3) is 15.9 Å². The van der Waals surface area contributed by atoms with E-state index in [4.69, 9.17) is 27.9 Å². The summed E-state index contributed by atoms with van der Waals surface area (Å²) in [4.78, 5) is 12.8. The molecule has 6 nitrogen and oxygen atoms in total. The number of ether oxygens (including phenoxy) is 1. The van der Waals surface area contributed by atoms with E-state index >= 15 is 0 Å². The Morgan fingerprint density at radius 2 is 1.58 bits per heavy atom. The predicted octanol–water partition coefficient (Wildman–Crippen LogP) is 6.21. The summed E-state index contributed by atoms with van der Waals surface area (Å²) < 4.78 is 33.7. The molecule has 0 radical (unpaired) electrons. The van der Waals surface area contributed by atoms with Crippen molar-refractivity contribution in [2.75, 3.05) is 10.0 Å². The van der Waals surface area contributed by atoms with E-state index in [-0.39, 0.29) is 16.5 Å². The Balaban J connectivity index is 1.69. The predicted molar refractivity (Wildman–Crippen MR) is 133 cm³/mol. The van der Waals surface area contributed by atoms with Crippen molar-refractivity contribution < 1.29 is 17.9 Å². The molecule has 9 heteroatoms. The number of nitrogens with one attached hydrogen (secondary N) is 2. The maximum atomic E-state index is 12.7. The van der Waals surface area contributed by atoms with Gasteiger partial charge in [-0.3, -0.25) is 9.52 Å². The molecular formula is C24H24Cl2N2O4S. The highest BCUT2D eigenvalue weighted by atomic mass is 35.5. The molecule has 0 fully saturated rings. The monoisotopic (exact) mass is 506 g/mol. The van der Waals surface area contributed by atoms with Gasteiger partial charge in [0.2, 0.25) is 0 Å². The molecule has 3 aromatic carbocycles. The average molecular weight is 507 g/mol. The lowest BCUT2D eigenvalue weighted by Crippen LogP contribution is -2.32. The van der Waals surface area contributed by atoms with E-state index in [1.165, 1.54) is 42.5 Å². The number of halogens is 2. The summed E-state index contributed by atoms with van der Waals surface area (Å²) in [5.41, 5.74) is 2.68. The second kappa shape index (κ2) is 10.5. The van der Waals surface area contributed by atoms with Crippen LogP contribution in [0, 0.1) is 13.8 Å². The number of aryl methyl sites for hydroxylation is 2. The fourth-order valence-electron chi connectivity index (χ4n) is 3.08. The molecule has 174 valence electrons. The molecule has 0 bridgehead atoms. The van der Waals surface area contributed by atoms with Crippen molar-refractivity contribution in [2.45, 2.75) is 38.2 Å². The van der Waals surface area contributed by atoms with E-state index in [2.05, 4.69) is 10.0 Å². The van der Waals surface area contributed by atoms with Gasteiger partial charge in [-0.15, -0.1) is 0 Å². The quantitative estimate of drug-likeness (QED) is 0.380. The van der Waals surface area contributed by atoms with Gasteiger partial charge in [-0.1, -0.05) is 42.3 Å². The van der Waals surface area contributed by atoms with Gasteiger partial charge in [0.1, 0.15) is 5.75 Å². The molecule has 0 saturated heterocycles. The summed E-state index contributed by atoms with van der Waals surface area (Å²) in [6.07, 6.45) is -0.221. The summed E-state index contributed by atoms with van der Waals surface area (Å²) in [5, 5.41) is 3.40. The van der Waals surface area contributed by atoms with Crippen LogP contribution in [0.25, 0.3) is 0 Å². The maximum absolute atomic E-state index is 12.7. The minimum Gasteiger partial charge on any atom is -0.480 e. The van der Waals surface area contributed by atoms with Gasteiger partial charge >= 0.3 is 0 Å². The third-order valence-electron chi connectivity index (χ3n) is 4.82. The number of benzene rings is 3. The summed E-state index contributed by atoms with van der Waals surface area (Å²) in [7, 11) is -3.87. The molecule has 0 heterocycles. The van der Waals surface area contributed by atoms with Crippen LogP contribution in [0.15, 0.2) is 65.6 Å². The largest absolute Gasteiger partial charge is 0.480 e. The highest BCUT2D eigenvalue weighted by Gasteiger charge is 2.20. The Kier molecular flexibility index (Phi) is 7.89. The molecule has 0 aliphatic heterocycles. The van der Waals surface area contributed by atoms with Crippen molar-refractivity contribution in [3.63, 3.8) is 0 Å². The average Bonchev–Trinajstić information content (AvgIpc) is 2.73. The van der Waals surface area contributed by atoms with Crippen LogP contribution >= 0.6 is 23.2 Å². The van der Waals surface area contributed by atoms with Crippen molar-refractivity contribution in [1.82, 2.24) is 0 Å². The fraction of sp³-hybridized carbons (Fsp3) is 0.208. The molecule has 0 aliphatic rings. The van der Waals surface area contributed by atoms with Crippen molar-refractivity contribution >= 4 is 50.5 Å². The van der Waals surface area contributed by atoms with E-state index in [0.29, 0.717) is 27.9 Å². The molecule has 3 aromatic rings. The van der Waals surface area contributed by atoms with Gasteiger partial charge in [0.15, 0.2) is 6.10 Å². The molecule has 0 aromatic heterocycles. The van der Waals surface area contributed by atoms with Gasteiger partial charge in [0.05, 0.1) is 10.6 Å². The zero-order valence-corrected chi connectivity index (χ0v) is 20.7. The summed E-state index contributed by atoms with van der Waals surface area (Å²) in [5.74, 6) is 0.339. The topological polar surface area (TPSA) is 84.5 Å². The molecular weight excluding hydrogens is 483 g/mol. The Morgan fingerprint density at radius 3 is 2.18 bits per heavy atom. The Morgan fingerprint density at radius 1 is 0.939 bits per heavy atom. The molecule has 2 N–H and O–H groups in total. The zero-order valence-electron chi connectivity index (χ0n) is 18.4. The van der Waals surface area contributed by atoms with Crippen LogP contribution < -0.4 is 14.8 Å². The zero-order chi connectivity index (χ0) is 24.2. The van der Waals surface area contributed by atoms with Gasteiger partial charge < -0.3 is 10.1 Å². The van der Waals surface area contributed by atoms with Crippen LogP contribution in [0.1, 0.15) is 24.5 Å². The third kappa shape index (κ3) is 6.63. The fourth-order valence-corrected chi connectivity index (χ4v) is 4.64. The summed E-state index contributed by atoms with van der Waals surface area (Å²) >= 11 is 11.9. The van der Waals surface area contributed by atoms with Gasteiger partial charge in [-0.25, -0.2) is 8.42 Å². The molecule has 0 saturated carbocycles. The molecule has 1 atom stereocenters. The lowest BCUT2D eigenvalue weighted by molar-refractivity contribution is -0.122. The third-order valence-corrected chi connectivity index (χ3v) is 6.66. The molecule has 33 heavy (non-hydrogen) atoms. The van der Waals surface area contributed by atoms with E-state index in [1.54, 1.807) is 0 Å². The van der Waals surface area contributed by atoms with Crippen molar-refractivity contribution in [2.24, 2.45) is 0 Å². The van der Waals surface area contributed by atoms with E-state index in [1.807, 2.05) is 39.0 Å². The SMILES string of the molecule is CC[C@@H](Oc1cc(C)ccc1C)C(=O)Nc1ccc(S(=O)(=O)Nc2cc(Cl)cc(Cl)c2)cc1. The minimum atomic E-state index is -3.87. The van der Waals surface area contributed by atoms with E-state index < -0.39 is 16.1 Å². The number of hydrogen-bond acceptors (Lipinski definition) is 4. The number of carbonyl (C=O) groups is 1. The number of carbonyl (C=O) groups excluding carboxylic acids is 1. The molecule has 0 unspecified atom stereocenters. The lowest BCUT2D eigenvalue weighted by Gasteiger charge is -2.19. The number of amides is 1. The summed E-state index contributed by atoms with van der Waals surface area (Å²) in [6.45, 7) is 5.74. The molecule has 0 spiro atoms. The normalized spacial score (nSPS) is 12.2. The first-order valence-corrected chi connectivity index (χ1v) is 12.4. The van der Waals surface area contributed by atoms with Gasteiger partial charge in [-0.2, -0.15) is 0 Å². The van der Waals surface area contributed by atoms with Crippen LogP contribution in [0.4, 0.5) is 11.4 Å². The first-order valence-electron chi connectivity index (χ1n) is 10.2. The summed E-state index contributed by atoms with van der Waals surface area (Å²) in [6, 6.07) is 16.1. The highest BCUT2D eigenvalue weighted by molar-refractivity contribution is 7.92. The second-order valence-electron chi connectivity index (χ2n) is 7.56. The van der Waals surface area contributed by atoms with Crippen LogP contribution in [-0.2, 0) is 14.8 Å². The van der Waals surface area contributed by atoms with Crippen LogP contribution in [-0.4, -0.2) is 20.4 Å². The number of hydrogen-bond donors (Lipinski definition) is 2. The Labute approximate surface area is 203 Å². The second-order valence-corrected chi connectivity index (χ2v) is 10.1. The maximum Gasteiger partial charge on any atom is 0.265 e. The van der Waals surface area contributed by atoms with Gasteiger partial charge in [0, 0.05) is 15.7 Å². The first kappa shape index (κ1) is 24.9. The smallest absolute Gasteiger partial charge is 0.265 e. The molecule has 0 aliphatic carbocycles. The molecule has 1 amide bonds. The van der Waals surface area contributed by atoms with Crippen molar-refractivity contribution in [3.8, 4) is 5.75 Å².